The molecule has 7 heteroatoms. The van der Waals surface area contributed by atoms with Crippen LogP contribution in [0, 0.1) is 11.6 Å². The van der Waals surface area contributed by atoms with Crippen LogP contribution in [0.1, 0.15) is 16.5 Å². The van der Waals surface area contributed by atoms with Gasteiger partial charge in [0.2, 0.25) is 5.91 Å². The Morgan fingerprint density at radius 3 is 2.75 bits per heavy atom. The van der Waals surface area contributed by atoms with Crippen molar-refractivity contribution < 1.29 is 13.6 Å². The predicted octanol–water partition coefficient (Wildman–Crippen LogP) is 3.23. The number of anilines is 1. The Bertz CT molecular complexity index is 704. The summed E-state index contributed by atoms with van der Waals surface area (Å²) in [6, 6.07) is 2.47. The van der Waals surface area contributed by atoms with Crippen LogP contribution >= 0.6 is 22.9 Å². The van der Waals surface area contributed by atoms with E-state index in [0.717, 1.165) is 17.0 Å². The Morgan fingerprint density at radius 2 is 2.10 bits per heavy atom. The summed E-state index contributed by atoms with van der Waals surface area (Å²) in [6.07, 6.45) is 0. The number of hydrogen-bond donors (Lipinski definition) is 1. The number of benzene rings is 1. The molecule has 0 fully saturated rings. The van der Waals surface area contributed by atoms with Gasteiger partial charge in [-0.15, -0.1) is 11.3 Å². The molecule has 0 radical (unpaired) electrons. The molecule has 2 N–H and O–H groups in total. The standard InChI is InChI=1S/C13H9ClF2N2OS/c14-6-1-8(20-5-6)4-18-10-3-7(15)2-9(16)11(10)12(17)13(18)19/h1-3,5,12H,4,17H2. The number of hydrogen-bond acceptors (Lipinski definition) is 3. The van der Waals surface area contributed by atoms with Crippen molar-refractivity contribution in [2.45, 2.75) is 12.6 Å². The zero-order valence-corrected chi connectivity index (χ0v) is 11.6. The molecule has 104 valence electrons. The first-order chi connectivity index (χ1) is 9.47. The molecule has 2 heterocycles. The maximum absolute atomic E-state index is 13.8. The highest BCUT2D eigenvalue weighted by molar-refractivity contribution is 7.10. The van der Waals surface area contributed by atoms with E-state index in [2.05, 4.69) is 0 Å². The fourth-order valence-electron chi connectivity index (χ4n) is 2.27. The number of rotatable bonds is 2. The topological polar surface area (TPSA) is 46.3 Å². The van der Waals surface area contributed by atoms with E-state index in [1.807, 2.05) is 0 Å². The lowest BCUT2D eigenvalue weighted by Gasteiger charge is -2.16. The minimum Gasteiger partial charge on any atom is -0.316 e. The molecule has 1 amide bonds. The minimum absolute atomic E-state index is 0.0408. The fourth-order valence-corrected chi connectivity index (χ4v) is 3.33. The summed E-state index contributed by atoms with van der Waals surface area (Å²) in [7, 11) is 0. The van der Waals surface area contributed by atoms with Gasteiger partial charge in [-0.25, -0.2) is 8.78 Å². The molecule has 0 aliphatic carbocycles. The summed E-state index contributed by atoms with van der Waals surface area (Å²) in [6.45, 7) is 0.194. The quantitative estimate of drug-likeness (QED) is 0.925. The second-order valence-corrected chi connectivity index (χ2v) is 5.89. The molecule has 1 aromatic heterocycles. The second kappa shape index (κ2) is 4.80. The molecule has 1 atom stereocenters. The van der Waals surface area contributed by atoms with Crippen molar-refractivity contribution in [3.8, 4) is 0 Å². The summed E-state index contributed by atoms with van der Waals surface area (Å²) in [5.74, 6) is -1.99. The lowest BCUT2D eigenvalue weighted by atomic mass is 10.1. The Balaban J connectivity index is 2.03. The van der Waals surface area contributed by atoms with E-state index in [4.69, 9.17) is 17.3 Å². The van der Waals surface area contributed by atoms with Gasteiger partial charge in [-0.3, -0.25) is 4.79 Å². The lowest BCUT2D eigenvalue weighted by Crippen LogP contribution is -2.31. The van der Waals surface area contributed by atoms with E-state index in [9.17, 15) is 13.6 Å². The summed E-state index contributed by atoms with van der Waals surface area (Å²) >= 11 is 7.19. The molecular formula is C13H9ClF2N2OS. The molecule has 0 spiro atoms. The van der Waals surface area contributed by atoms with E-state index < -0.39 is 23.6 Å². The van der Waals surface area contributed by atoms with Crippen molar-refractivity contribution >= 4 is 34.5 Å². The van der Waals surface area contributed by atoms with E-state index in [1.165, 1.54) is 16.2 Å². The Hall–Kier alpha value is -1.50. The molecule has 0 bridgehead atoms. The van der Waals surface area contributed by atoms with Crippen LogP contribution < -0.4 is 10.6 Å². The number of halogens is 3. The minimum atomic E-state index is -1.10. The number of nitrogens with two attached hydrogens (primary N) is 1. The van der Waals surface area contributed by atoms with Gasteiger partial charge in [-0.05, 0) is 12.1 Å². The normalized spacial score (nSPS) is 17.7. The first kappa shape index (κ1) is 13.5. The molecule has 3 rings (SSSR count). The largest absolute Gasteiger partial charge is 0.316 e. The van der Waals surface area contributed by atoms with Crippen LogP contribution in [0.3, 0.4) is 0 Å². The SMILES string of the molecule is NC1C(=O)N(Cc2cc(Cl)cs2)c2cc(F)cc(F)c21. The third-order valence-corrected chi connectivity index (χ3v) is 4.41. The van der Waals surface area contributed by atoms with Crippen LogP contribution in [0.5, 0.6) is 0 Å². The van der Waals surface area contributed by atoms with Gasteiger partial charge in [0.15, 0.2) is 0 Å². The van der Waals surface area contributed by atoms with Crippen molar-refractivity contribution in [2.75, 3.05) is 4.90 Å². The van der Waals surface area contributed by atoms with Gasteiger partial charge in [0.1, 0.15) is 17.7 Å². The van der Waals surface area contributed by atoms with Crippen molar-refractivity contribution in [2.24, 2.45) is 5.73 Å². The van der Waals surface area contributed by atoms with E-state index in [1.54, 1.807) is 11.4 Å². The van der Waals surface area contributed by atoms with Gasteiger partial charge < -0.3 is 10.6 Å². The maximum Gasteiger partial charge on any atom is 0.249 e. The molecular weight excluding hydrogens is 306 g/mol. The third-order valence-electron chi connectivity index (χ3n) is 3.14. The van der Waals surface area contributed by atoms with Crippen molar-refractivity contribution in [3.05, 3.63) is 50.7 Å². The fraction of sp³-hybridized carbons (Fsp3) is 0.154. The average Bonchev–Trinajstić information content (AvgIpc) is 2.87. The van der Waals surface area contributed by atoms with E-state index in [-0.39, 0.29) is 17.8 Å². The van der Waals surface area contributed by atoms with Gasteiger partial charge in [-0.1, -0.05) is 11.6 Å². The van der Waals surface area contributed by atoms with Crippen LogP contribution in [0.4, 0.5) is 14.5 Å². The van der Waals surface area contributed by atoms with Gasteiger partial charge in [-0.2, -0.15) is 0 Å². The number of amides is 1. The van der Waals surface area contributed by atoms with Crippen LogP contribution in [-0.2, 0) is 11.3 Å². The van der Waals surface area contributed by atoms with Gasteiger partial charge in [0.05, 0.1) is 17.3 Å². The van der Waals surface area contributed by atoms with Gasteiger partial charge in [0, 0.05) is 21.9 Å². The first-order valence-corrected chi connectivity index (χ1v) is 7.02. The van der Waals surface area contributed by atoms with Crippen LogP contribution in [0.25, 0.3) is 0 Å². The smallest absolute Gasteiger partial charge is 0.249 e. The number of fused-ring (bicyclic) bond motifs is 1. The first-order valence-electron chi connectivity index (χ1n) is 5.76. The molecule has 1 aliphatic heterocycles. The Morgan fingerprint density at radius 1 is 1.35 bits per heavy atom. The monoisotopic (exact) mass is 314 g/mol. The molecule has 20 heavy (non-hydrogen) atoms. The number of carbonyl (C=O) groups is 1. The van der Waals surface area contributed by atoms with E-state index in [0.29, 0.717) is 5.02 Å². The molecule has 0 saturated heterocycles. The van der Waals surface area contributed by atoms with Gasteiger partial charge in [0.25, 0.3) is 0 Å². The second-order valence-electron chi connectivity index (χ2n) is 4.45. The van der Waals surface area contributed by atoms with Crippen molar-refractivity contribution in [1.29, 1.82) is 0 Å². The summed E-state index contributed by atoms with van der Waals surface area (Å²) in [5, 5.41) is 2.29. The summed E-state index contributed by atoms with van der Waals surface area (Å²) < 4.78 is 27.1. The molecule has 1 aromatic carbocycles. The number of thiophene rings is 1. The van der Waals surface area contributed by atoms with E-state index >= 15 is 0 Å². The maximum atomic E-state index is 13.8. The summed E-state index contributed by atoms with van der Waals surface area (Å²) in [4.78, 5) is 14.2. The Kier molecular flexibility index (Phi) is 3.24. The van der Waals surface area contributed by atoms with Gasteiger partial charge >= 0.3 is 0 Å². The molecule has 0 saturated carbocycles. The number of carbonyl (C=O) groups excluding carboxylic acids is 1. The van der Waals surface area contributed by atoms with Crippen LogP contribution in [-0.4, -0.2) is 5.91 Å². The lowest BCUT2D eigenvalue weighted by molar-refractivity contribution is -0.119. The average molecular weight is 315 g/mol. The summed E-state index contributed by atoms with van der Waals surface area (Å²) in [5.41, 5.74) is 5.94. The zero-order chi connectivity index (χ0) is 14.4. The zero-order valence-electron chi connectivity index (χ0n) is 10.1. The molecule has 3 nitrogen and oxygen atoms in total. The third kappa shape index (κ3) is 2.09. The molecule has 2 aromatic rings. The highest BCUT2D eigenvalue weighted by atomic mass is 35.5. The Labute approximate surface area is 122 Å². The number of nitrogens with zero attached hydrogens (tertiary/aromatic N) is 1. The van der Waals surface area contributed by atoms with Crippen LogP contribution in [0.2, 0.25) is 5.02 Å². The van der Waals surface area contributed by atoms with Crippen molar-refractivity contribution in [3.63, 3.8) is 0 Å². The molecule has 1 aliphatic rings. The predicted molar refractivity (Wildman–Crippen MR) is 73.8 cm³/mol. The molecule has 1 unspecified atom stereocenters. The van der Waals surface area contributed by atoms with Crippen LogP contribution in [0.15, 0.2) is 23.6 Å². The highest BCUT2D eigenvalue weighted by Crippen LogP contribution is 2.38. The van der Waals surface area contributed by atoms with Crippen molar-refractivity contribution in [1.82, 2.24) is 0 Å². The highest BCUT2D eigenvalue weighted by Gasteiger charge is 2.37.